The fraction of sp³-hybridized carbons (Fsp3) is 1.00. The smallest absolute Gasteiger partial charge is 0.0125 e. The van der Waals surface area contributed by atoms with Gasteiger partial charge in [-0.1, -0.05) is 0 Å². The van der Waals surface area contributed by atoms with E-state index >= 15 is 0 Å². The van der Waals surface area contributed by atoms with Crippen LogP contribution < -0.4 is 0 Å². The molecule has 17 heavy (non-hydrogen) atoms. The van der Waals surface area contributed by atoms with Crippen LogP contribution in [0.2, 0.25) is 0 Å². The molecule has 3 atom stereocenters. The summed E-state index contributed by atoms with van der Waals surface area (Å²) in [5.74, 6) is 2.94. The molecule has 2 heteroatoms. The Morgan fingerprint density at radius 3 is 1.88 bits per heavy atom. The van der Waals surface area contributed by atoms with E-state index in [0.29, 0.717) is 5.54 Å². The molecule has 2 saturated heterocycles. The molecule has 1 aliphatic carbocycles. The summed E-state index contributed by atoms with van der Waals surface area (Å²) in [7, 11) is 0. The summed E-state index contributed by atoms with van der Waals surface area (Å²) in [6.07, 6.45) is 2.97. The predicted octanol–water partition coefficient (Wildman–Crippen LogP) is 2.45. The van der Waals surface area contributed by atoms with Gasteiger partial charge in [-0.25, -0.2) is 0 Å². The number of nitrogens with zero attached hydrogens (tertiary/aromatic N) is 2. The molecular weight excluding hydrogens is 208 g/mol. The lowest BCUT2D eigenvalue weighted by Crippen LogP contribution is -2.42. The van der Waals surface area contributed by atoms with Crippen LogP contribution in [0, 0.1) is 17.8 Å². The van der Waals surface area contributed by atoms with Gasteiger partial charge in [0.15, 0.2) is 0 Å². The molecular formula is C15H28N2. The monoisotopic (exact) mass is 236 g/mol. The average Bonchev–Trinajstić information content (AvgIpc) is 2.85. The van der Waals surface area contributed by atoms with E-state index in [1.807, 2.05) is 0 Å². The summed E-state index contributed by atoms with van der Waals surface area (Å²) < 4.78 is 0. The van der Waals surface area contributed by atoms with Crippen molar-refractivity contribution in [1.29, 1.82) is 0 Å². The van der Waals surface area contributed by atoms with Gasteiger partial charge in [0.25, 0.3) is 0 Å². The summed E-state index contributed by atoms with van der Waals surface area (Å²) in [6, 6.07) is 0.865. The van der Waals surface area contributed by atoms with Gasteiger partial charge < -0.3 is 0 Å². The minimum absolute atomic E-state index is 0.372. The molecule has 98 valence electrons. The lowest BCUT2D eigenvalue weighted by molar-refractivity contribution is 0.138. The quantitative estimate of drug-likeness (QED) is 0.726. The van der Waals surface area contributed by atoms with Gasteiger partial charge in [-0.05, 0) is 58.3 Å². The van der Waals surface area contributed by atoms with Gasteiger partial charge >= 0.3 is 0 Å². The fourth-order valence-corrected chi connectivity index (χ4v) is 3.79. The van der Waals surface area contributed by atoms with Crippen LogP contribution in [-0.4, -0.2) is 47.6 Å². The van der Waals surface area contributed by atoms with Crippen LogP contribution in [0.1, 0.15) is 40.5 Å². The van der Waals surface area contributed by atoms with Gasteiger partial charge in [0.2, 0.25) is 0 Å². The van der Waals surface area contributed by atoms with Crippen molar-refractivity contribution in [2.75, 3.05) is 26.2 Å². The van der Waals surface area contributed by atoms with E-state index in [4.69, 9.17) is 0 Å². The largest absolute Gasteiger partial charge is 0.300 e. The van der Waals surface area contributed by atoms with Crippen molar-refractivity contribution < 1.29 is 0 Å². The lowest BCUT2D eigenvalue weighted by Gasteiger charge is -2.34. The van der Waals surface area contributed by atoms with Gasteiger partial charge in [-0.15, -0.1) is 0 Å². The van der Waals surface area contributed by atoms with Crippen LogP contribution in [0.3, 0.4) is 0 Å². The zero-order valence-corrected chi connectivity index (χ0v) is 11.9. The van der Waals surface area contributed by atoms with Crippen molar-refractivity contribution in [3.05, 3.63) is 0 Å². The predicted molar refractivity (Wildman–Crippen MR) is 72.1 cm³/mol. The highest BCUT2D eigenvalue weighted by atomic mass is 15.3. The Bertz CT molecular complexity index is 276. The minimum Gasteiger partial charge on any atom is -0.300 e. The number of fused-ring (bicyclic) bond motifs is 1. The van der Waals surface area contributed by atoms with Crippen molar-refractivity contribution in [1.82, 2.24) is 9.80 Å². The molecule has 3 rings (SSSR count). The van der Waals surface area contributed by atoms with Crippen molar-refractivity contribution in [3.63, 3.8) is 0 Å². The Balaban J connectivity index is 1.58. The zero-order valence-electron chi connectivity index (χ0n) is 11.9. The Hall–Kier alpha value is -0.0800. The fourth-order valence-electron chi connectivity index (χ4n) is 3.79. The Labute approximate surface area is 106 Å². The molecule has 0 aromatic heterocycles. The number of hydrogen-bond donors (Lipinski definition) is 0. The molecule has 0 amide bonds. The molecule has 0 aromatic carbocycles. The highest BCUT2D eigenvalue weighted by Gasteiger charge is 2.45. The van der Waals surface area contributed by atoms with Crippen molar-refractivity contribution in [2.24, 2.45) is 17.8 Å². The van der Waals surface area contributed by atoms with Gasteiger partial charge in [0.1, 0.15) is 0 Å². The summed E-state index contributed by atoms with van der Waals surface area (Å²) in [5.41, 5.74) is 0.372. The van der Waals surface area contributed by atoms with E-state index in [2.05, 4.69) is 37.5 Å². The van der Waals surface area contributed by atoms with E-state index in [9.17, 15) is 0 Å². The van der Waals surface area contributed by atoms with Gasteiger partial charge in [0.05, 0.1) is 0 Å². The number of likely N-dealkylation sites (tertiary alicyclic amines) is 2. The highest BCUT2D eigenvalue weighted by molar-refractivity contribution is 4.99. The third-order valence-corrected chi connectivity index (χ3v) is 5.34. The summed E-state index contributed by atoms with van der Waals surface area (Å²) in [4.78, 5) is 5.48. The van der Waals surface area contributed by atoms with E-state index < -0.39 is 0 Å². The number of hydrogen-bond acceptors (Lipinski definition) is 2. The summed E-state index contributed by atoms with van der Waals surface area (Å²) in [6.45, 7) is 14.9. The SMILES string of the molecule is CC(C1CC1)N1CC2CN(C(C)(C)C)CC2C1. The topological polar surface area (TPSA) is 6.48 Å². The Kier molecular flexibility index (Phi) is 2.79. The third kappa shape index (κ3) is 2.26. The average molecular weight is 236 g/mol. The molecule has 0 spiro atoms. The van der Waals surface area contributed by atoms with Crippen LogP contribution in [0.5, 0.6) is 0 Å². The minimum atomic E-state index is 0.372. The van der Waals surface area contributed by atoms with Gasteiger partial charge in [-0.3, -0.25) is 9.80 Å². The highest BCUT2D eigenvalue weighted by Crippen LogP contribution is 2.40. The summed E-state index contributed by atoms with van der Waals surface area (Å²) >= 11 is 0. The second kappa shape index (κ2) is 3.96. The zero-order chi connectivity index (χ0) is 12.2. The Morgan fingerprint density at radius 1 is 0.941 bits per heavy atom. The third-order valence-electron chi connectivity index (χ3n) is 5.34. The maximum Gasteiger partial charge on any atom is 0.0125 e. The van der Waals surface area contributed by atoms with Gasteiger partial charge in [0, 0.05) is 37.8 Å². The van der Waals surface area contributed by atoms with E-state index in [0.717, 1.165) is 23.8 Å². The number of rotatable bonds is 2. The van der Waals surface area contributed by atoms with Crippen LogP contribution in [0.15, 0.2) is 0 Å². The molecule has 0 radical (unpaired) electrons. The van der Waals surface area contributed by atoms with Gasteiger partial charge in [-0.2, -0.15) is 0 Å². The standard InChI is InChI=1S/C15H28N2/c1-11(12-5-6-12)16-7-13-9-17(15(2,3)4)10-14(13)8-16/h11-14H,5-10H2,1-4H3. The first-order chi connectivity index (χ1) is 7.95. The molecule has 3 aliphatic rings. The lowest BCUT2D eigenvalue weighted by atomic mass is 10.0. The van der Waals surface area contributed by atoms with E-state index in [1.54, 1.807) is 0 Å². The maximum atomic E-state index is 2.78. The molecule has 2 heterocycles. The molecule has 2 nitrogen and oxygen atoms in total. The molecule has 1 saturated carbocycles. The second-order valence-corrected chi connectivity index (χ2v) is 7.63. The summed E-state index contributed by atoms with van der Waals surface area (Å²) in [5, 5.41) is 0. The molecule has 0 aromatic rings. The van der Waals surface area contributed by atoms with Crippen LogP contribution in [0.4, 0.5) is 0 Å². The second-order valence-electron chi connectivity index (χ2n) is 7.63. The van der Waals surface area contributed by atoms with E-state index in [1.165, 1.54) is 39.0 Å². The normalized spacial score (nSPS) is 37.4. The van der Waals surface area contributed by atoms with Crippen LogP contribution in [0.25, 0.3) is 0 Å². The maximum absolute atomic E-state index is 2.78. The van der Waals surface area contributed by atoms with Crippen LogP contribution in [-0.2, 0) is 0 Å². The van der Waals surface area contributed by atoms with Crippen molar-refractivity contribution >= 4 is 0 Å². The molecule has 3 fully saturated rings. The molecule has 2 aliphatic heterocycles. The molecule has 3 unspecified atom stereocenters. The first-order valence-corrected chi connectivity index (χ1v) is 7.44. The first kappa shape index (κ1) is 12.0. The Morgan fingerprint density at radius 2 is 1.47 bits per heavy atom. The van der Waals surface area contributed by atoms with Crippen LogP contribution >= 0.6 is 0 Å². The molecule has 0 N–H and O–H groups in total. The van der Waals surface area contributed by atoms with Crippen molar-refractivity contribution in [3.8, 4) is 0 Å². The first-order valence-electron chi connectivity index (χ1n) is 7.44. The molecule has 0 bridgehead atoms. The van der Waals surface area contributed by atoms with E-state index in [-0.39, 0.29) is 0 Å². The van der Waals surface area contributed by atoms with Crippen molar-refractivity contribution in [2.45, 2.75) is 52.1 Å².